The van der Waals surface area contributed by atoms with E-state index in [0.29, 0.717) is 29.5 Å². The molecule has 0 saturated carbocycles. The zero-order valence-corrected chi connectivity index (χ0v) is 19.2. The number of benzene rings is 2. The number of carbonyl (C=O) groups excluding carboxylic acids is 2. The fraction of sp³-hybridized carbons (Fsp3) is 0.391. The fourth-order valence-corrected chi connectivity index (χ4v) is 3.14. The van der Waals surface area contributed by atoms with Crippen molar-refractivity contribution in [3.05, 3.63) is 52.5 Å². The van der Waals surface area contributed by atoms with Crippen molar-refractivity contribution in [2.24, 2.45) is 5.92 Å². The van der Waals surface area contributed by atoms with E-state index in [0.717, 1.165) is 4.47 Å². The number of hydrogen-bond acceptors (Lipinski definition) is 3. The normalized spacial score (nSPS) is 11.3. The molecular weight excluding hydrogens is 432 g/mol. The van der Waals surface area contributed by atoms with E-state index in [1.54, 1.807) is 24.3 Å². The van der Waals surface area contributed by atoms with Crippen molar-refractivity contribution in [1.29, 1.82) is 0 Å². The molecule has 0 aliphatic heterocycles. The van der Waals surface area contributed by atoms with Crippen LogP contribution in [-0.2, 0) is 15.0 Å². The summed E-state index contributed by atoms with van der Waals surface area (Å²) in [7, 11) is 0. The molecule has 0 spiro atoms. The highest BCUT2D eigenvalue weighted by molar-refractivity contribution is 9.10. The smallest absolute Gasteiger partial charge is 0.262 e. The van der Waals surface area contributed by atoms with Crippen LogP contribution >= 0.6 is 15.9 Å². The number of nitrogens with one attached hydrogen (secondary N) is 2. The van der Waals surface area contributed by atoms with Gasteiger partial charge in [-0.25, -0.2) is 0 Å². The van der Waals surface area contributed by atoms with Gasteiger partial charge in [0.2, 0.25) is 5.91 Å². The minimum absolute atomic E-state index is 0.0201. The molecule has 2 aromatic carbocycles. The van der Waals surface area contributed by atoms with Crippen LogP contribution in [0.15, 0.2) is 46.9 Å². The van der Waals surface area contributed by atoms with Crippen molar-refractivity contribution in [3.63, 3.8) is 0 Å². The van der Waals surface area contributed by atoms with Crippen LogP contribution in [0.2, 0.25) is 0 Å². The molecule has 2 aromatic rings. The number of anilines is 2. The highest BCUT2D eigenvalue weighted by atomic mass is 79.9. The van der Waals surface area contributed by atoms with Crippen molar-refractivity contribution in [1.82, 2.24) is 0 Å². The third-order valence-electron chi connectivity index (χ3n) is 4.20. The average molecular weight is 461 g/mol. The number of rotatable bonds is 7. The zero-order valence-electron chi connectivity index (χ0n) is 17.6. The van der Waals surface area contributed by atoms with Crippen molar-refractivity contribution in [3.8, 4) is 5.75 Å². The third-order valence-corrected chi connectivity index (χ3v) is 4.82. The van der Waals surface area contributed by atoms with Crippen molar-refractivity contribution in [2.45, 2.75) is 46.5 Å². The second kappa shape index (κ2) is 9.92. The van der Waals surface area contributed by atoms with Gasteiger partial charge in [0.15, 0.2) is 6.61 Å². The van der Waals surface area contributed by atoms with Gasteiger partial charge in [0, 0.05) is 17.8 Å². The molecule has 0 saturated heterocycles. The van der Waals surface area contributed by atoms with Gasteiger partial charge >= 0.3 is 0 Å². The molecule has 0 fully saturated rings. The maximum Gasteiger partial charge on any atom is 0.262 e. The van der Waals surface area contributed by atoms with E-state index in [-0.39, 0.29) is 23.8 Å². The molecule has 0 radical (unpaired) electrons. The van der Waals surface area contributed by atoms with E-state index in [9.17, 15) is 9.59 Å². The molecule has 0 aliphatic rings. The van der Waals surface area contributed by atoms with Gasteiger partial charge in [-0.1, -0.05) is 40.7 Å². The zero-order chi connectivity index (χ0) is 21.6. The lowest BCUT2D eigenvalue weighted by Crippen LogP contribution is -2.20. The van der Waals surface area contributed by atoms with Gasteiger partial charge in [-0.2, -0.15) is 0 Å². The summed E-state index contributed by atoms with van der Waals surface area (Å²) >= 11 is 3.51. The Morgan fingerprint density at radius 3 is 2.00 bits per heavy atom. The van der Waals surface area contributed by atoms with Crippen LogP contribution in [0.3, 0.4) is 0 Å². The molecule has 2 amide bonds. The van der Waals surface area contributed by atoms with Gasteiger partial charge in [-0.15, -0.1) is 0 Å². The van der Waals surface area contributed by atoms with Crippen molar-refractivity contribution < 1.29 is 14.3 Å². The molecule has 2 rings (SSSR count). The molecule has 0 aliphatic carbocycles. The van der Waals surface area contributed by atoms with Gasteiger partial charge in [0.1, 0.15) is 5.75 Å². The first-order valence-corrected chi connectivity index (χ1v) is 10.5. The van der Waals surface area contributed by atoms with Gasteiger partial charge in [-0.05, 0) is 69.2 Å². The number of hydrogen-bond donors (Lipinski definition) is 2. The summed E-state index contributed by atoms with van der Waals surface area (Å²) in [6.07, 6.45) is 0.474. The summed E-state index contributed by atoms with van der Waals surface area (Å²) in [5, 5.41) is 5.63. The summed E-state index contributed by atoms with van der Waals surface area (Å²) in [5.74, 6) is 0.649. The lowest BCUT2D eigenvalue weighted by atomic mass is 9.87. The van der Waals surface area contributed by atoms with Crippen molar-refractivity contribution >= 4 is 39.1 Å². The number of carbonyl (C=O) groups is 2. The van der Waals surface area contributed by atoms with Crippen LogP contribution in [0.1, 0.15) is 46.6 Å². The van der Waals surface area contributed by atoms with Gasteiger partial charge in [0.25, 0.3) is 5.91 Å². The number of amides is 2. The molecule has 0 unspecified atom stereocenters. The maximum atomic E-state index is 12.2. The van der Waals surface area contributed by atoms with Crippen LogP contribution in [0, 0.1) is 5.92 Å². The topological polar surface area (TPSA) is 67.4 Å². The summed E-state index contributed by atoms with van der Waals surface area (Å²) in [5.41, 5.74) is 2.57. The Hall–Kier alpha value is -2.34. The van der Waals surface area contributed by atoms with Crippen LogP contribution in [-0.4, -0.2) is 18.4 Å². The summed E-state index contributed by atoms with van der Waals surface area (Å²) in [4.78, 5) is 24.0. The van der Waals surface area contributed by atoms with Gasteiger partial charge < -0.3 is 15.4 Å². The molecule has 29 heavy (non-hydrogen) atoms. The fourth-order valence-electron chi connectivity index (χ4n) is 2.64. The Kier molecular flexibility index (Phi) is 7.85. The number of halogens is 1. The lowest BCUT2D eigenvalue weighted by molar-refractivity contribution is -0.118. The maximum absolute atomic E-state index is 12.2. The van der Waals surface area contributed by atoms with Crippen LogP contribution in [0.4, 0.5) is 11.4 Å². The van der Waals surface area contributed by atoms with Crippen LogP contribution < -0.4 is 15.4 Å². The Bertz CT molecular complexity index is 855. The highest BCUT2D eigenvalue weighted by Gasteiger charge is 2.15. The Balaban J connectivity index is 1.87. The largest absolute Gasteiger partial charge is 0.483 e. The van der Waals surface area contributed by atoms with Gasteiger partial charge in [0.05, 0.1) is 4.47 Å². The standard InChI is InChI=1S/C23H29BrN2O3/c1-15(2)12-21(27)25-17-7-9-18(10-8-17)26-22(28)14-29-20-11-6-16(13-19(20)24)23(3,4)5/h6-11,13,15H,12,14H2,1-5H3,(H,25,27)(H,26,28). The predicted molar refractivity (Wildman–Crippen MR) is 121 cm³/mol. The molecule has 0 atom stereocenters. The molecule has 156 valence electrons. The van der Waals surface area contributed by atoms with E-state index in [2.05, 4.69) is 47.3 Å². The van der Waals surface area contributed by atoms with E-state index >= 15 is 0 Å². The number of ether oxygens (including phenoxy) is 1. The first-order chi connectivity index (χ1) is 13.5. The minimum Gasteiger partial charge on any atom is -0.483 e. The first-order valence-electron chi connectivity index (χ1n) is 9.67. The summed E-state index contributed by atoms with van der Waals surface area (Å²) in [6, 6.07) is 12.9. The first kappa shape index (κ1) is 22.9. The Labute approximate surface area is 181 Å². The molecule has 2 N–H and O–H groups in total. The monoisotopic (exact) mass is 460 g/mol. The van der Waals surface area contributed by atoms with Crippen LogP contribution in [0.5, 0.6) is 5.75 Å². The lowest BCUT2D eigenvalue weighted by Gasteiger charge is -2.20. The molecule has 5 nitrogen and oxygen atoms in total. The van der Waals surface area contributed by atoms with Crippen LogP contribution in [0.25, 0.3) is 0 Å². The second-order valence-electron chi connectivity index (χ2n) is 8.46. The van der Waals surface area contributed by atoms with Crippen molar-refractivity contribution in [2.75, 3.05) is 17.2 Å². The SMILES string of the molecule is CC(C)CC(=O)Nc1ccc(NC(=O)COc2ccc(C(C)(C)C)cc2Br)cc1. The second-order valence-corrected chi connectivity index (χ2v) is 9.31. The molecule has 0 heterocycles. The van der Waals surface area contributed by atoms with E-state index < -0.39 is 0 Å². The molecule has 6 heteroatoms. The summed E-state index contributed by atoms with van der Waals surface area (Å²) in [6.45, 7) is 10.3. The molecule has 0 aromatic heterocycles. The highest BCUT2D eigenvalue weighted by Crippen LogP contribution is 2.31. The third kappa shape index (κ3) is 7.54. The Morgan fingerprint density at radius 1 is 0.966 bits per heavy atom. The predicted octanol–water partition coefficient (Wildman–Crippen LogP) is 5.75. The minimum atomic E-state index is -0.256. The summed E-state index contributed by atoms with van der Waals surface area (Å²) < 4.78 is 6.45. The molecular formula is C23H29BrN2O3. The Morgan fingerprint density at radius 2 is 1.52 bits per heavy atom. The molecule has 0 bridgehead atoms. The van der Waals surface area contributed by atoms with Gasteiger partial charge in [-0.3, -0.25) is 9.59 Å². The van der Waals surface area contributed by atoms with E-state index in [1.165, 1.54) is 5.56 Å². The van der Waals surface area contributed by atoms with E-state index in [1.807, 2.05) is 32.0 Å². The quantitative estimate of drug-likeness (QED) is 0.552. The average Bonchev–Trinajstić information content (AvgIpc) is 2.60. The van der Waals surface area contributed by atoms with E-state index in [4.69, 9.17) is 4.74 Å².